The van der Waals surface area contributed by atoms with Gasteiger partial charge in [-0.1, -0.05) is 0 Å². The van der Waals surface area contributed by atoms with E-state index in [1.165, 1.54) is 16.8 Å². The number of benzene rings is 1. The van der Waals surface area contributed by atoms with Crippen LogP contribution in [0, 0.1) is 5.82 Å². The lowest BCUT2D eigenvalue weighted by Gasteiger charge is -2.25. The van der Waals surface area contributed by atoms with Crippen LogP contribution in [0.2, 0.25) is 0 Å². The van der Waals surface area contributed by atoms with Gasteiger partial charge in [0.15, 0.2) is 0 Å². The molecule has 2 aliphatic heterocycles. The van der Waals surface area contributed by atoms with Gasteiger partial charge in [0.05, 0.1) is 11.6 Å². The highest BCUT2D eigenvalue weighted by atomic mass is 19.1. The predicted molar refractivity (Wildman–Crippen MR) is 84.9 cm³/mol. The fourth-order valence-corrected chi connectivity index (χ4v) is 3.41. The Balaban J connectivity index is 1.74. The summed E-state index contributed by atoms with van der Waals surface area (Å²) in [6, 6.07) is 4.49. The van der Waals surface area contributed by atoms with E-state index in [1.54, 1.807) is 6.07 Å². The second kappa shape index (κ2) is 5.34. The van der Waals surface area contributed by atoms with E-state index in [0.29, 0.717) is 30.9 Å². The topological polar surface area (TPSA) is 85.0 Å². The highest BCUT2D eigenvalue weighted by Crippen LogP contribution is 2.34. The van der Waals surface area contributed by atoms with Gasteiger partial charge < -0.3 is 16.4 Å². The first-order valence-electron chi connectivity index (χ1n) is 7.79. The molecule has 2 aliphatic rings. The first kappa shape index (κ1) is 14.2. The Morgan fingerprint density at radius 1 is 1.39 bits per heavy atom. The molecule has 1 atom stereocenters. The third-order valence-electron chi connectivity index (χ3n) is 4.59. The van der Waals surface area contributed by atoms with Gasteiger partial charge in [0.1, 0.15) is 11.6 Å². The van der Waals surface area contributed by atoms with E-state index >= 15 is 0 Å². The van der Waals surface area contributed by atoms with Crippen LogP contribution in [0.4, 0.5) is 15.9 Å². The minimum absolute atomic E-state index is 0.190. The van der Waals surface area contributed by atoms with E-state index in [-0.39, 0.29) is 11.7 Å². The van der Waals surface area contributed by atoms with Gasteiger partial charge in [0, 0.05) is 24.3 Å². The van der Waals surface area contributed by atoms with Crippen LogP contribution in [0.15, 0.2) is 18.2 Å². The lowest BCUT2D eigenvalue weighted by Crippen LogP contribution is -2.28. The van der Waals surface area contributed by atoms with Crippen LogP contribution in [-0.2, 0) is 13.0 Å². The minimum atomic E-state index is -0.432. The van der Waals surface area contributed by atoms with E-state index in [1.807, 2.05) is 0 Å². The molecule has 1 aromatic carbocycles. The lowest BCUT2D eigenvalue weighted by atomic mass is 9.90. The van der Waals surface area contributed by atoms with Gasteiger partial charge in [0.2, 0.25) is 0 Å². The Hall–Kier alpha value is -2.41. The van der Waals surface area contributed by atoms with Gasteiger partial charge in [-0.2, -0.15) is 9.78 Å². The number of nitrogens with zero attached hydrogens (tertiary/aromatic N) is 2. The monoisotopic (exact) mass is 315 g/mol. The van der Waals surface area contributed by atoms with E-state index < -0.39 is 5.92 Å². The number of halogens is 1. The largest absolute Gasteiger partial charge is 0.385 e. The normalized spacial score (nSPS) is 19.6. The van der Waals surface area contributed by atoms with Crippen molar-refractivity contribution in [2.75, 3.05) is 24.1 Å². The van der Waals surface area contributed by atoms with E-state index in [2.05, 4.69) is 15.7 Å². The van der Waals surface area contributed by atoms with Crippen LogP contribution in [0.1, 0.15) is 34.0 Å². The van der Waals surface area contributed by atoms with Gasteiger partial charge in [-0.15, -0.1) is 0 Å². The fourth-order valence-electron chi connectivity index (χ4n) is 3.41. The molecule has 4 rings (SSSR count). The number of hydrogen-bond donors (Lipinski definition) is 3. The molecular weight excluding hydrogens is 297 g/mol. The number of aromatic nitrogens is 2. The lowest BCUT2D eigenvalue weighted by molar-refractivity contribution is 0.0859. The number of carbonyl (C=O) groups excluding carboxylic acids is 1. The van der Waals surface area contributed by atoms with E-state index in [9.17, 15) is 9.18 Å². The maximum atomic E-state index is 13.6. The molecule has 6 nitrogen and oxygen atoms in total. The van der Waals surface area contributed by atoms with Crippen LogP contribution in [0.25, 0.3) is 0 Å². The molecule has 2 aromatic rings. The average molecular weight is 315 g/mol. The predicted octanol–water partition coefficient (Wildman–Crippen LogP) is 1.49. The zero-order chi connectivity index (χ0) is 16.0. The average Bonchev–Trinajstić information content (AvgIpc) is 2.91. The molecule has 7 heteroatoms. The standard InChI is InChI=1S/C16H18FN5O/c17-9-1-2-13-12(7-9)10(4-6-20-13)16(23)22-15(18)11-3-5-19-8-14(11)21-22/h1-2,7,10,19-20H,3-6,8,18H2/t10-/m1/s1. The summed E-state index contributed by atoms with van der Waals surface area (Å²) in [5.41, 5.74) is 9.40. The van der Waals surface area contributed by atoms with Crippen molar-refractivity contribution in [2.24, 2.45) is 0 Å². The number of hydrogen-bond acceptors (Lipinski definition) is 5. The van der Waals surface area contributed by atoms with Crippen molar-refractivity contribution in [1.82, 2.24) is 15.1 Å². The molecule has 120 valence electrons. The smallest absolute Gasteiger partial charge is 0.256 e. The SMILES string of the molecule is Nc1c2c(nn1C(=O)[C@@H]1CCNc3ccc(F)cc31)CNCC2. The van der Waals surface area contributed by atoms with Gasteiger partial charge in [-0.3, -0.25) is 4.79 Å². The summed E-state index contributed by atoms with van der Waals surface area (Å²) in [4.78, 5) is 13.0. The molecular formula is C16H18FN5O. The number of fused-ring (bicyclic) bond motifs is 2. The summed E-state index contributed by atoms with van der Waals surface area (Å²) in [6.07, 6.45) is 1.36. The Labute approximate surface area is 132 Å². The minimum Gasteiger partial charge on any atom is -0.385 e. The summed E-state index contributed by atoms with van der Waals surface area (Å²) in [7, 11) is 0. The number of nitrogen functional groups attached to an aromatic ring is 1. The van der Waals surface area contributed by atoms with Gasteiger partial charge in [0.25, 0.3) is 5.91 Å². The van der Waals surface area contributed by atoms with Gasteiger partial charge in [-0.05, 0) is 43.1 Å². The summed E-state index contributed by atoms with van der Waals surface area (Å²) < 4.78 is 14.9. The first-order chi connectivity index (χ1) is 11.1. The summed E-state index contributed by atoms with van der Waals surface area (Å²) >= 11 is 0. The maximum absolute atomic E-state index is 13.6. The molecule has 0 unspecified atom stereocenters. The van der Waals surface area contributed by atoms with Crippen LogP contribution in [0.3, 0.4) is 0 Å². The first-order valence-corrected chi connectivity index (χ1v) is 7.79. The molecule has 0 spiro atoms. The number of carbonyl (C=O) groups is 1. The van der Waals surface area contributed by atoms with Gasteiger partial charge in [-0.25, -0.2) is 4.39 Å². The van der Waals surface area contributed by atoms with Crippen LogP contribution in [-0.4, -0.2) is 28.8 Å². The van der Waals surface area contributed by atoms with Crippen molar-refractivity contribution in [3.8, 4) is 0 Å². The van der Waals surface area contributed by atoms with Crippen molar-refractivity contribution >= 4 is 17.4 Å². The fraction of sp³-hybridized carbons (Fsp3) is 0.375. The molecule has 23 heavy (non-hydrogen) atoms. The Kier molecular flexibility index (Phi) is 3.30. The number of nitrogens with two attached hydrogens (primary N) is 1. The van der Waals surface area contributed by atoms with Crippen molar-refractivity contribution in [1.29, 1.82) is 0 Å². The second-order valence-corrected chi connectivity index (χ2v) is 5.99. The second-order valence-electron chi connectivity index (χ2n) is 5.99. The highest BCUT2D eigenvalue weighted by molar-refractivity contribution is 5.90. The molecule has 3 heterocycles. The Bertz CT molecular complexity index is 785. The van der Waals surface area contributed by atoms with Crippen molar-refractivity contribution in [3.05, 3.63) is 40.8 Å². The third kappa shape index (κ3) is 2.28. The van der Waals surface area contributed by atoms with Crippen molar-refractivity contribution in [3.63, 3.8) is 0 Å². The maximum Gasteiger partial charge on any atom is 0.256 e. The molecule has 0 radical (unpaired) electrons. The van der Waals surface area contributed by atoms with Crippen LogP contribution >= 0.6 is 0 Å². The zero-order valence-corrected chi connectivity index (χ0v) is 12.6. The van der Waals surface area contributed by atoms with Crippen molar-refractivity contribution < 1.29 is 9.18 Å². The number of nitrogens with one attached hydrogen (secondary N) is 2. The molecule has 0 saturated heterocycles. The third-order valence-corrected chi connectivity index (χ3v) is 4.59. The van der Waals surface area contributed by atoms with Gasteiger partial charge >= 0.3 is 0 Å². The van der Waals surface area contributed by atoms with E-state index in [0.717, 1.165) is 29.9 Å². The zero-order valence-electron chi connectivity index (χ0n) is 12.6. The quantitative estimate of drug-likeness (QED) is 0.742. The molecule has 0 amide bonds. The molecule has 0 aliphatic carbocycles. The van der Waals surface area contributed by atoms with Crippen LogP contribution < -0.4 is 16.4 Å². The number of rotatable bonds is 1. The van der Waals surface area contributed by atoms with Crippen LogP contribution in [0.5, 0.6) is 0 Å². The molecule has 0 saturated carbocycles. The number of anilines is 2. The summed E-state index contributed by atoms with van der Waals surface area (Å²) in [5.74, 6) is -0.547. The molecule has 1 aromatic heterocycles. The summed E-state index contributed by atoms with van der Waals surface area (Å²) in [6.45, 7) is 2.12. The Morgan fingerprint density at radius 2 is 2.26 bits per heavy atom. The molecule has 0 bridgehead atoms. The summed E-state index contributed by atoms with van der Waals surface area (Å²) in [5, 5.41) is 10.8. The molecule has 4 N–H and O–H groups in total. The highest BCUT2D eigenvalue weighted by Gasteiger charge is 2.31. The Morgan fingerprint density at radius 3 is 3.09 bits per heavy atom. The van der Waals surface area contributed by atoms with E-state index in [4.69, 9.17) is 5.73 Å². The van der Waals surface area contributed by atoms with Crippen molar-refractivity contribution in [2.45, 2.75) is 25.3 Å². The molecule has 0 fully saturated rings.